The molecule has 124 valence electrons. The van der Waals surface area contributed by atoms with Gasteiger partial charge < -0.3 is 9.47 Å². The number of hydrogen-bond donors (Lipinski definition) is 0. The molecule has 0 spiro atoms. The van der Waals surface area contributed by atoms with Crippen LogP contribution in [0.25, 0.3) is 0 Å². The van der Waals surface area contributed by atoms with Gasteiger partial charge in [-0.1, -0.05) is 72.3 Å². The van der Waals surface area contributed by atoms with Gasteiger partial charge in [-0.05, 0) is 17.5 Å². The van der Waals surface area contributed by atoms with Crippen LogP contribution in [0.5, 0.6) is 0 Å². The summed E-state index contributed by atoms with van der Waals surface area (Å²) < 4.78 is 11.1. The third kappa shape index (κ3) is 3.92. The van der Waals surface area contributed by atoms with Gasteiger partial charge >= 0.3 is 5.97 Å². The van der Waals surface area contributed by atoms with Crippen LogP contribution in [-0.2, 0) is 26.3 Å². The maximum absolute atomic E-state index is 11.2. The topological polar surface area (TPSA) is 35.5 Å². The number of hydrogen-bond acceptors (Lipinski definition) is 3. The van der Waals surface area contributed by atoms with Crippen molar-refractivity contribution in [1.82, 2.24) is 0 Å². The van der Waals surface area contributed by atoms with Crippen molar-refractivity contribution >= 4 is 5.97 Å². The van der Waals surface area contributed by atoms with Crippen LogP contribution in [0.2, 0.25) is 0 Å². The van der Waals surface area contributed by atoms with E-state index < -0.39 is 0 Å². The molecule has 0 aromatic heterocycles. The molecule has 0 saturated carbocycles. The quantitative estimate of drug-likeness (QED) is 0.418. The first-order valence-electron chi connectivity index (χ1n) is 8.23. The number of carbonyl (C=O) groups is 1. The normalized spacial score (nSPS) is 18.8. The lowest BCUT2D eigenvalue weighted by Crippen LogP contribution is -2.21. The summed E-state index contributed by atoms with van der Waals surface area (Å²) in [5.41, 5.74) is 3.40. The van der Waals surface area contributed by atoms with Crippen LogP contribution >= 0.6 is 0 Å². The Hall–Kier alpha value is -2.39. The van der Waals surface area contributed by atoms with E-state index in [1.54, 1.807) is 0 Å². The van der Waals surface area contributed by atoms with Crippen molar-refractivity contribution < 1.29 is 14.3 Å². The van der Waals surface area contributed by atoms with Crippen LogP contribution in [-0.4, -0.2) is 19.2 Å². The second-order valence-corrected chi connectivity index (χ2v) is 6.08. The van der Waals surface area contributed by atoms with Gasteiger partial charge in [-0.25, -0.2) is 0 Å². The number of benzene rings is 2. The maximum atomic E-state index is 11.2. The average molecular weight is 322 g/mol. The third-order valence-corrected chi connectivity index (χ3v) is 4.33. The fourth-order valence-corrected chi connectivity index (χ4v) is 2.94. The fraction of sp³-hybridized carbons (Fsp3) is 0.286. The monoisotopic (exact) mass is 322 g/mol. The summed E-state index contributed by atoms with van der Waals surface area (Å²) >= 11 is 0. The molecule has 2 aromatic carbocycles. The molecule has 3 heteroatoms. The molecule has 0 N–H and O–H groups in total. The maximum Gasteiger partial charge on any atom is 0.302 e. The van der Waals surface area contributed by atoms with Gasteiger partial charge in [0.25, 0.3) is 0 Å². The number of carbonyl (C=O) groups excluding carboxylic acids is 1. The molecule has 0 heterocycles. The number of rotatable bonds is 8. The van der Waals surface area contributed by atoms with E-state index in [-0.39, 0.29) is 11.4 Å². The van der Waals surface area contributed by atoms with Gasteiger partial charge in [0.05, 0.1) is 18.6 Å². The first-order valence-corrected chi connectivity index (χ1v) is 8.23. The highest BCUT2D eigenvalue weighted by atomic mass is 16.5. The van der Waals surface area contributed by atoms with Gasteiger partial charge in [-0.2, -0.15) is 0 Å². The lowest BCUT2D eigenvalue weighted by atomic mass is 9.90. The lowest BCUT2D eigenvalue weighted by molar-refractivity contribution is -0.141. The molecule has 0 aliphatic heterocycles. The zero-order valence-electron chi connectivity index (χ0n) is 13.9. The van der Waals surface area contributed by atoms with E-state index >= 15 is 0 Å². The molecule has 0 radical (unpaired) electrons. The van der Waals surface area contributed by atoms with Crippen LogP contribution in [0.3, 0.4) is 0 Å². The predicted octanol–water partition coefficient (Wildman–Crippen LogP) is 4.03. The minimum atomic E-state index is -0.245. The molecule has 3 rings (SSSR count). The minimum Gasteiger partial charge on any atom is -0.464 e. The SMILES string of the molecule is CC(=O)OCC1(c2ccccc2)C=C1CCOCc1ccccc1. The molecular formula is C21H22O3. The van der Waals surface area contributed by atoms with E-state index in [2.05, 4.69) is 30.3 Å². The highest BCUT2D eigenvalue weighted by Crippen LogP contribution is 2.48. The summed E-state index contributed by atoms with van der Waals surface area (Å²) in [5.74, 6) is -0.245. The van der Waals surface area contributed by atoms with E-state index in [0.29, 0.717) is 19.8 Å². The minimum absolute atomic E-state index is 0.233. The smallest absolute Gasteiger partial charge is 0.302 e. The molecule has 0 saturated heterocycles. The number of esters is 1. The molecule has 1 atom stereocenters. The molecule has 0 bridgehead atoms. The highest BCUT2D eigenvalue weighted by molar-refractivity contribution is 5.67. The summed E-state index contributed by atoms with van der Waals surface area (Å²) in [6.45, 7) is 3.11. The lowest BCUT2D eigenvalue weighted by Gasteiger charge is -2.19. The van der Waals surface area contributed by atoms with Crippen molar-refractivity contribution in [2.24, 2.45) is 0 Å². The Bertz CT molecular complexity index is 706. The molecule has 1 aliphatic rings. The first-order chi connectivity index (χ1) is 11.7. The van der Waals surface area contributed by atoms with Crippen LogP contribution in [0.1, 0.15) is 24.5 Å². The fourth-order valence-electron chi connectivity index (χ4n) is 2.94. The van der Waals surface area contributed by atoms with Gasteiger partial charge in [-0.15, -0.1) is 0 Å². The van der Waals surface area contributed by atoms with Crippen LogP contribution in [0, 0.1) is 0 Å². The van der Waals surface area contributed by atoms with E-state index in [0.717, 1.165) is 6.42 Å². The summed E-state index contributed by atoms with van der Waals surface area (Å²) in [5, 5.41) is 0. The Balaban J connectivity index is 1.53. The standard InChI is InChI=1S/C21H22O3/c1-17(22)24-16-21(19-10-6-3-7-11-19)14-20(21)12-13-23-15-18-8-4-2-5-9-18/h2-11,14H,12-13,15-16H2,1H3. The Kier molecular flexibility index (Phi) is 5.11. The first kappa shape index (κ1) is 16.5. The van der Waals surface area contributed by atoms with Gasteiger partial charge in [-0.3, -0.25) is 4.79 Å². The van der Waals surface area contributed by atoms with Crippen molar-refractivity contribution in [3.05, 3.63) is 83.4 Å². The van der Waals surface area contributed by atoms with Crippen molar-refractivity contribution in [1.29, 1.82) is 0 Å². The third-order valence-electron chi connectivity index (χ3n) is 4.33. The van der Waals surface area contributed by atoms with E-state index in [1.807, 2.05) is 36.4 Å². The largest absolute Gasteiger partial charge is 0.464 e. The Morgan fingerprint density at radius 1 is 1.00 bits per heavy atom. The molecular weight excluding hydrogens is 300 g/mol. The summed E-state index contributed by atoms with van der Waals surface area (Å²) in [6.07, 6.45) is 3.04. The van der Waals surface area contributed by atoms with Gasteiger partial charge in [0.2, 0.25) is 0 Å². The zero-order chi connectivity index (χ0) is 16.8. The Morgan fingerprint density at radius 2 is 1.67 bits per heavy atom. The van der Waals surface area contributed by atoms with E-state index in [4.69, 9.17) is 9.47 Å². The average Bonchev–Trinajstić information content (AvgIpc) is 3.33. The highest BCUT2D eigenvalue weighted by Gasteiger charge is 2.45. The second kappa shape index (κ2) is 7.45. The van der Waals surface area contributed by atoms with Crippen LogP contribution in [0.4, 0.5) is 0 Å². The van der Waals surface area contributed by atoms with Crippen molar-refractivity contribution in [2.75, 3.05) is 13.2 Å². The molecule has 2 aromatic rings. The number of ether oxygens (including phenoxy) is 2. The van der Waals surface area contributed by atoms with Gasteiger partial charge in [0.15, 0.2) is 0 Å². The molecule has 24 heavy (non-hydrogen) atoms. The Labute approximate surface area is 142 Å². The summed E-state index contributed by atoms with van der Waals surface area (Å²) in [6, 6.07) is 20.3. The van der Waals surface area contributed by atoms with Gasteiger partial charge in [0, 0.05) is 6.92 Å². The predicted molar refractivity (Wildman–Crippen MR) is 93.6 cm³/mol. The molecule has 3 nitrogen and oxygen atoms in total. The zero-order valence-corrected chi connectivity index (χ0v) is 13.9. The van der Waals surface area contributed by atoms with Gasteiger partial charge in [0.1, 0.15) is 6.61 Å². The van der Waals surface area contributed by atoms with E-state index in [9.17, 15) is 4.79 Å². The molecule has 0 amide bonds. The second-order valence-electron chi connectivity index (χ2n) is 6.08. The van der Waals surface area contributed by atoms with Crippen molar-refractivity contribution in [3.8, 4) is 0 Å². The summed E-state index contributed by atoms with van der Waals surface area (Å²) in [4.78, 5) is 11.2. The van der Waals surface area contributed by atoms with Crippen molar-refractivity contribution in [2.45, 2.75) is 25.4 Å². The summed E-state index contributed by atoms with van der Waals surface area (Å²) in [7, 11) is 0. The Morgan fingerprint density at radius 3 is 2.33 bits per heavy atom. The molecule has 0 fully saturated rings. The van der Waals surface area contributed by atoms with Crippen molar-refractivity contribution in [3.63, 3.8) is 0 Å². The van der Waals surface area contributed by atoms with Crippen LogP contribution < -0.4 is 0 Å². The molecule has 1 unspecified atom stereocenters. The van der Waals surface area contributed by atoms with E-state index in [1.165, 1.54) is 23.6 Å². The molecule has 1 aliphatic carbocycles. The van der Waals surface area contributed by atoms with Crippen LogP contribution in [0.15, 0.2) is 72.3 Å².